The molecule has 0 radical (unpaired) electrons. The summed E-state index contributed by atoms with van der Waals surface area (Å²) in [6.07, 6.45) is 12.2. The summed E-state index contributed by atoms with van der Waals surface area (Å²) in [4.78, 5) is 12.3. The lowest BCUT2D eigenvalue weighted by atomic mass is 10.0. The van der Waals surface area contributed by atoms with Gasteiger partial charge in [-0.2, -0.15) is 0 Å². The maximum atomic E-state index is 12.3. The van der Waals surface area contributed by atoms with Crippen LogP contribution in [0.5, 0.6) is 17.2 Å². The van der Waals surface area contributed by atoms with Gasteiger partial charge in [-0.15, -0.1) is 0 Å². The molecule has 0 saturated heterocycles. The van der Waals surface area contributed by atoms with Crippen LogP contribution in [0.3, 0.4) is 0 Å². The Kier molecular flexibility index (Phi) is 11.9. The fourth-order valence-electron chi connectivity index (χ4n) is 3.16. The van der Waals surface area contributed by atoms with Gasteiger partial charge in [0.1, 0.15) is 17.2 Å². The zero-order chi connectivity index (χ0) is 20.8. The molecule has 1 aromatic carbocycles. The molecule has 0 aliphatic rings. The van der Waals surface area contributed by atoms with E-state index in [-0.39, 0.29) is 5.97 Å². The van der Waals surface area contributed by atoms with Crippen LogP contribution in [0.25, 0.3) is 6.08 Å². The summed E-state index contributed by atoms with van der Waals surface area (Å²) in [5.41, 5.74) is 1.33. The van der Waals surface area contributed by atoms with E-state index in [0.29, 0.717) is 34.8 Å². The lowest BCUT2D eigenvalue weighted by Gasteiger charge is -2.14. The van der Waals surface area contributed by atoms with Crippen LogP contribution in [0, 0.1) is 0 Å². The van der Waals surface area contributed by atoms with E-state index in [4.69, 9.17) is 18.9 Å². The highest BCUT2D eigenvalue weighted by atomic mass is 16.5. The number of hydrogen-bond donors (Lipinski definition) is 0. The summed E-state index contributed by atoms with van der Waals surface area (Å²) in [5.74, 6) is 1.50. The molecule has 0 heterocycles. The second-order valence-electron chi connectivity index (χ2n) is 6.83. The van der Waals surface area contributed by atoms with E-state index in [1.54, 1.807) is 33.5 Å². The summed E-state index contributed by atoms with van der Waals surface area (Å²) in [7, 11) is 6.17. The molecular weight excluding hydrogens is 356 g/mol. The highest BCUT2D eigenvalue weighted by Crippen LogP contribution is 2.36. The third-order valence-electron chi connectivity index (χ3n) is 4.82. The van der Waals surface area contributed by atoms with Crippen molar-refractivity contribution in [3.8, 4) is 17.2 Å². The number of unbranched alkanes of at least 4 members (excludes halogenated alkanes) is 7. The molecule has 0 atom stereocenters. The summed E-state index contributed by atoms with van der Waals surface area (Å²) in [6, 6.07) is 3.55. The van der Waals surface area contributed by atoms with Crippen molar-refractivity contribution in [3.05, 3.63) is 23.3 Å². The molecule has 28 heavy (non-hydrogen) atoms. The zero-order valence-corrected chi connectivity index (χ0v) is 18.1. The quantitative estimate of drug-likeness (QED) is 0.227. The van der Waals surface area contributed by atoms with Gasteiger partial charge in [0.15, 0.2) is 0 Å². The SMILES string of the molecule is CCCCCCCCCCC(=Cc1c(OC)cc(OC)cc1OC)C(=O)OC. The lowest BCUT2D eigenvalue weighted by Crippen LogP contribution is -2.05. The summed E-state index contributed by atoms with van der Waals surface area (Å²) in [5, 5.41) is 0. The monoisotopic (exact) mass is 392 g/mol. The minimum atomic E-state index is -0.317. The van der Waals surface area contributed by atoms with Gasteiger partial charge >= 0.3 is 5.97 Å². The predicted molar refractivity (Wildman–Crippen MR) is 113 cm³/mol. The number of esters is 1. The van der Waals surface area contributed by atoms with Crippen molar-refractivity contribution in [1.29, 1.82) is 0 Å². The Morgan fingerprint density at radius 3 is 1.82 bits per heavy atom. The number of hydrogen-bond acceptors (Lipinski definition) is 5. The fourth-order valence-corrected chi connectivity index (χ4v) is 3.16. The molecular formula is C23H36O5. The van der Waals surface area contributed by atoms with Crippen LogP contribution in [0.4, 0.5) is 0 Å². The van der Waals surface area contributed by atoms with E-state index in [0.717, 1.165) is 12.8 Å². The van der Waals surface area contributed by atoms with Crippen LogP contribution >= 0.6 is 0 Å². The average molecular weight is 393 g/mol. The first-order valence-corrected chi connectivity index (χ1v) is 10.2. The number of ether oxygens (including phenoxy) is 4. The molecule has 0 bridgehead atoms. The van der Waals surface area contributed by atoms with E-state index in [1.807, 2.05) is 6.08 Å². The number of carbonyl (C=O) groups is 1. The van der Waals surface area contributed by atoms with Crippen molar-refractivity contribution in [2.45, 2.75) is 64.7 Å². The van der Waals surface area contributed by atoms with E-state index >= 15 is 0 Å². The van der Waals surface area contributed by atoms with E-state index < -0.39 is 0 Å². The summed E-state index contributed by atoms with van der Waals surface area (Å²) in [6.45, 7) is 2.23. The number of carbonyl (C=O) groups excluding carboxylic acids is 1. The van der Waals surface area contributed by atoms with Gasteiger partial charge in [0.2, 0.25) is 0 Å². The fraction of sp³-hybridized carbons (Fsp3) is 0.609. The van der Waals surface area contributed by atoms with Gasteiger partial charge in [-0.3, -0.25) is 0 Å². The standard InChI is InChI=1S/C23H36O5/c1-6-7-8-9-10-11-12-13-14-18(23(24)28-5)15-20-21(26-3)16-19(25-2)17-22(20)27-4/h15-17H,6-14H2,1-5H3. The molecule has 0 spiro atoms. The molecule has 5 heteroatoms. The van der Waals surface area contributed by atoms with Gasteiger partial charge in [0.25, 0.3) is 0 Å². The summed E-state index contributed by atoms with van der Waals surface area (Å²) < 4.78 is 21.2. The van der Waals surface area contributed by atoms with Gasteiger partial charge in [-0.05, 0) is 18.9 Å². The largest absolute Gasteiger partial charge is 0.496 e. The Morgan fingerprint density at radius 1 is 0.821 bits per heavy atom. The maximum absolute atomic E-state index is 12.3. The topological polar surface area (TPSA) is 54.0 Å². The molecule has 1 aromatic rings. The van der Waals surface area contributed by atoms with Crippen molar-refractivity contribution in [2.75, 3.05) is 28.4 Å². The van der Waals surface area contributed by atoms with Crippen molar-refractivity contribution in [1.82, 2.24) is 0 Å². The second-order valence-corrected chi connectivity index (χ2v) is 6.83. The molecule has 158 valence electrons. The van der Waals surface area contributed by atoms with Gasteiger partial charge in [-0.25, -0.2) is 4.79 Å². The lowest BCUT2D eigenvalue weighted by molar-refractivity contribution is -0.136. The molecule has 0 aliphatic carbocycles. The van der Waals surface area contributed by atoms with E-state index in [1.165, 1.54) is 45.6 Å². The summed E-state index contributed by atoms with van der Waals surface area (Å²) >= 11 is 0. The maximum Gasteiger partial charge on any atom is 0.333 e. The predicted octanol–water partition coefficient (Wildman–Crippen LogP) is 5.80. The smallest absolute Gasteiger partial charge is 0.333 e. The minimum Gasteiger partial charge on any atom is -0.496 e. The van der Waals surface area contributed by atoms with Crippen LogP contribution < -0.4 is 14.2 Å². The van der Waals surface area contributed by atoms with Crippen molar-refractivity contribution in [2.24, 2.45) is 0 Å². The Labute approximate surface area is 170 Å². The molecule has 1 rings (SSSR count). The van der Waals surface area contributed by atoms with Crippen molar-refractivity contribution < 1.29 is 23.7 Å². The van der Waals surface area contributed by atoms with E-state index in [9.17, 15) is 4.79 Å². The average Bonchev–Trinajstić information content (AvgIpc) is 2.73. The Morgan fingerprint density at radius 2 is 1.36 bits per heavy atom. The van der Waals surface area contributed by atoms with Crippen LogP contribution in [-0.4, -0.2) is 34.4 Å². The molecule has 5 nitrogen and oxygen atoms in total. The van der Waals surface area contributed by atoms with E-state index in [2.05, 4.69) is 6.92 Å². The molecule has 0 fully saturated rings. The van der Waals surface area contributed by atoms with Gasteiger partial charge < -0.3 is 18.9 Å². The Balaban J connectivity index is 2.84. The van der Waals surface area contributed by atoms with Gasteiger partial charge in [0.05, 0.1) is 34.0 Å². The van der Waals surface area contributed by atoms with Crippen LogP contribution in [0.15, 0.2) is 17.7 Å². The van der Waals surface area contributed by atoms with Gasteiger partial charge in [0, 0.05) is 17.7 Å². The Bertz CT molecular complexity index is 596. The number of rotatable bonds is 14. The molecule has 0 unspecified atom stereocenters. The molecule has 0 N–H and O–H groups in total. The van der Waals surface area contributed by atoms with Gasteiger partial charge in [-0.1, -0.05) is 51.9 Å². The number of methoxy groups -OCH3 is 4. The molecule has 0 amide bonds. The second kappa shape index (κ2) is 13.9. The van der Waals surface area contributed by atoms with Crippen molar-refractivity contribution in [3.63, 3.8) is 0 Å². The molecule has 0 aromatic heterocycles. The minimum absolute atomic E-state index is 0.317. The normalized spacial score (nSPS) is 11.2. The highest BCUT2D eigenvalue weighted by Gasteiger charge is 2.16. The zero-order valence-electron chi connectivity index (χ0n) is 18.1. The van der Waals surface area contributed by atoms with Crippen LogP contribution in [0.2, 0.25) is 0 Å². The van der Waals surface area contributed by atoms with Crippen molar-refractivity contribution >= 4 is 12.0 Å². The van der Waals surface area contributed by atoms with Crippen LogP contribution in [-0.2, 0) is 9.53 Å². The number of benzene rings is 1. The molecule has 0 aliphatic heterocycles. The first-order valence-electron chi connectivity index (χ1n) is 10.2. The first-order chi connectivity index (χ1) is 13.6. The first kappa shape index (κ1) is 23.9. The highest BCUT2D eigenvalue weighted by molar-refractivity contribution is 5.94. The van der Waals surface area contributed by atoms with Crippen LogP contribution in [0.1, 0.15) is 70.3 Å². The Hall–Kier alpha value is -2.17. The molecule has 0 saturated carbocycles. The third-order valence-corrected chi connectivity index (χ3v) is 4.82. The third kappa shape index (κ3) is 7.83.